The minimum Gasteiger partial charge on any atom is -0.366 e. The molecule has 1 aliphatic rings. The van der Waals surface area contributed by atoms with Crippen LogP contribution in [0.3, 0.4) is 0 Å². The van der Waals surface area contributed by atoms with E-state index >= 15 is 0 Å². The van der Waals surface area contributed by atoms with Gasteiger partial charge in [-0.15, -0.1) is 11.3 Å². The van der Waals surface area contributed by atoms with Crippen molar-refractivity contribution in [3.63, 3.8) is 0 Å². The summed E-state index contributed by atoms with van der Waals surface area (Å²) in [7, 11) is 0. The number of anilines is 1. The summed E-state index contributed by atoms with van der Waals surface area (Å²) in [6, 6.07) is 6.27. The summed E-state index contributed by atoms with van der Waals surface area (Å²) >= 11 is 1.59. The van der Waals surface area contributed by atoms with Crippen molar-refractivity contribution >= 4 is 39.1 Å². The fourth-order valence-corrected chi connectivity index (χ4v) is 4.89. The standard InChI is InChI=1S/C20H20N4O3S/c1-11-2-7-14-15(8-11)28-19-17(14)20(27)24(10-22-19)9-16(25)23-13-5-3-12(4-6-13)18(21)26/h3-6,10-11H,2,7-9H2,1H3,(H2,21,26)(H,23,25)/t11-/m0/s1. The van der Waals surface area contributed by atoms with E-state index < -0.39 is 5.91 Å². The molecule has 0 aliphatic heterocycles. The van der Waals surface area contributed by atoms with Crippen LogP contribution >= 0.6 is 11.3 Å². The molecule has 0 bridgehead atoms. The summed E-state index contributed by atoms with van der Waals surface area (Å²) < 4.78 is 1.35. The highest BCUT2D eigenvalue weighted by molar-refractivity contribution is 7.18. The highest BCUT2D eigenvalue weighted by atomic mass is 32.1. The van der Waals surface area contributed by atoms with Gasteiger partial charge >= 0.3 is 0 Å². The topological polar surface area (TPSA) is 107 Å². The molecule has 1 aromatic carbocycles. The van der Waals surface area contributed by atoms with E-state index in [9.17, 15) is 14.4 Å². The number of hydrogen-bond acceptors (Lipinski definition) is 5. The number of aromatic nitrogens is 2. The molecule has 0 spiro atoms. The number of nitrogens with one attached hydrogen (secondary N) is 1. The molecule has 7 nitrogen and oxygen atoms in total. The van der Waals surface area contributed by atoms with E-state index in [-0.39, 0.29) is 18.0 Å². The van der Waals surface area contributed by atoms with Crippen molar-refractivity contribution in [2.24, 2.45) is 11.7 Å². The second kappa shape index (κ2) is 7.20. The summed E-state index contributed by atoms with van der Waals surface area (Å²) in [5.41, 5.74) is 7.03. The van der Waals surface area contributed by atoms with Crippen LogP contribution in [0.4, 0.5) is 5.69 Å². The van der Waals surface area contributed by atoms with E-state index in [0.29, 0.717) is 22.6 Å². The first-order chi connectivity index (χ1) is 13.4. The van der Waals surface area contributed by atoms with Crippen molar-refractivity contribution in [2.45, 2.75) is 32.7 Å². The Bertz CT molecular complexity index is 1130. The third kappa shape index (κ3) is 3.43. The van der Waals surface area contributed by atoms with Gasteiger partial charge in [-0.2, -0.15) is 0 Å². The maximum absolute atomic E-state index is 12.9. The molecular formula is C20H20N4O3S. The molecule has 0 saturated heterocycles. The predicted molar refractivity (Wildman–Crippen MR) is 109 cm³/mol. The molecule has 2 aromatic heterocycles. The van der Waals surface area contributed by atoms with E-state index in [1.165, 1.54) is 27.9 Å². The largest absolute Gasteiger partial charge is 0.366 e. The summed E-state index contributed by atoms with van der Waals surface area (Å²) in [6.07, 6.45) is 4.37. The van der Waals surface area contributed by atoms with Gasteiger partial charge in [-0.05, 0) is 55.0 Å². The van der Waals surface area contributed by atoms with Crippen LogP contribution in [0, 0.1) is 5.92 Å². The lowest BCUT2D eigenvalue weighted by atomic mass is 9.89. The molecule has 8 heteroatoms. The molecule has 0 saturated carbocycles. The summed E-state index contributed by atoms with van der Waals surface area (Å²) in [5, 5.41) is 3.38. The third-order valence-electron chi connectivity index (χ3n) is 5.05. The van der Waals surface area contributed by atoms with Crippen LogP contribution in [0.15, 0.2) is 35.4 Å². The molecular weight excluding hydrogens is 376 g/mol. The van der Waals surface area contributed by atoms with Crippen LogP contribution in [-0.2, 0) is 24.2 Å². The Morgan fingerprint density at radius 2 is 2.07 bits per heavy atom. The van der Waals surface area contributed by atoms with Gasteiger partial charge in [0.1, 0.15) is 11.4 Å². The average molecular weight is 396 g/mol. The second-order valence-corrected chi connectivity index (χ2v) is 8.28. The number of fused-ring (bicyclic) bond motifs is 3. The van der Waals surface area contributed by atoms with Crippen LogP contribution in [0.2, 0.25) is 0 Å². The van der Waals surface area contributed by atoms with Crippen LogP contribution in [-0.4, -0.2) is 21.4 Å². The SMILES string of the molecule is C[C@H]1CCc2c(sc3ncn(CC(=O)Nc4ccc(C(N)=O)cc4)c(=O)c23)C1. The first-order valence-corrected chi connectivity index (χ1v) is 9.93. The second-order valence-electron chi connectivity index (χ2n) is 7.20. The van der Waals surface area contributed by atoms with Crippen molar-refractivity contribution in [3.05, 3.63) is 57.0 Å². The molecule has 0 fully saturated rings. The van der Waals surface area contributed by atoms with Gasteiger partial charge in [0.05, 0.1) is 11.7 Å². The van der Waals surface area contributed by atoms with Crippen LogP contribution in [0.1, 0.15) is 34.1 Å². The molecule has 2 heterocycles. The zero-order valence-electron chi connectivity index (χ0n) is 15.4. The number of carbonyl (C=O) groups excluding carboxylic acids is 2. The van der Waals surface area contributed by atoms with Gasteiger partial charge in [0.2, 0.25) is 11.8 Å². The predicted octanol–water partition coefficient (Wildman–Crippen LogP) is 2.32. The molecule has 3 aromatic rings. The highest BCUT2D eigenvalue weighted by Crippen LogP contribution is 2.35. The van der Waals surface area contributed by atoms with Gasteiger partial charge in [-0.25, -0.2) is 4.98 Å². The number of primary amides is 1. The Morgan fingerprint density at radius 3 is 2.79 bits per heavy atom. The Morgan fingerprint density at radius 1 is 1.32 bits per heavy atom. The molecule has 28 heavy (non-hydrogen) atoms. The summed E-state index contributed by atoms with van der Waals surface area (Å²) in [5.74, 6) is -0.250. The van der Waals surface area contributed by atoms with Crippen molar-refractivity contribution in [2.75, 3.05) is 5.32 Å². The fourth-order valence-electron chi connectivity index (χ4n) is 3.55. The van der Waals surface area contributed by atoms with Gasteiger partial charge in [0, 0.05) is 16.1 Å². The quantitative estimate of drug-likeness (QED) is 0.706. The lowest BCUT2D eigenvalue weighted by Crippen LogP contribution is -2.28. The Hall–Kier alpha value is -3.00. The number of rotatable bonds is 4. The first kappa shape index (κ1) is 18.4. The number of nitrogens with two attached hydrogens (primary N) is 1. The normalized spacial score (nSPS) is 16.0. The fraction of sp³-hybridized carbons (Fsp3) is 0.300. The molecule has 1 atom stereocenters. The smallest absolute Gasteiger partial charge is 0.262 e. The lowest BCUT2D eigenvalue weighted by Gasteiger charge is -2.17. The van der Waals surface area contributed by atoms with Gasteiger partial charge in [-0.1, -0.05) is 6.92 Å². The van der Waals surface area contributed by atoms with Crippen molar-refractivity contribution in [3.8, 4) is 0 Å². The molecule has 1 aliphatic carbocycles. The minimum absolute atomic E-state index is 0.125. The number of thiophene rings is 1. The number of carbonyl (C=O) groups is 2. The van der Waals surface area contributed by atoms with E-state index in [4.69, 9.17) is 5.73 Å². The van der Waals surface area contributed by atoms with Crippen molar-refractivity contribution in [1.29, 1.82) is 0 Å². The van der Waals surface area contributed by atoms with Gasteiger partial charge in [-0.3, -0.25) is 19.0 Å². The zero-order chi connectivity index (χ0) is 19.8. The highest BCUT2D eigenvalue weighted by Gasteiger charge is 2.23. The number of nitrogens with zero attached hydrogens (tertiary/aromatic N) is 2. The average Bonchev–Trinajstić information content (AvgIpc) is 3.02. The number of amides is 2. The number of aryl methyl sites for hydroxylation is 1. The lowest BCUT2D eigenvalue weighted by molar-refractivity contribution is -0.116. The monoisotopic (exact) mass is 396 g/mol. The van der Waals surface area contributed by atoms with Gasteiger partial charge in [0.15, 0.2) is 0 Å². The van der Waals surface area contributed by atoms with Gasteiger partial charge < -0.3 is 11.1 Å². The van der Waals surface area contributed by atoms with Crippen LogP contribution in [0.5, 0.6) is 0 Å². The molecule has 2 amide bonds. The Labute approximate surface area is 165 Å². The first-order valence-electron chi connectivity index (χ1n) is 9.12. The van der Waals surface area contributed by atoms with E-state index in [1.54, 1.807) is 23.5 Å². The maximum atomic E-state index is 12.9. The Balaban J connectivity index is 1.56. The number of benzene rings is 1. The molecule has 4 rings (SSSR count). The zero-order valence-corrected chi connectivity index (χ0v) is 16.2. The summed E-state index contributed by atoms with van der Waals surface area (Å²) in [6.45, 7) is 2.10. The third-order valence-corrected chi connectivity index (χ3v) is 6.21. The van der Waals surface area contributed by atoms with Crippen molar-refractivity contribution in [1.82, 2.24) is 9.55 Å². The van der Waals surface area contributed by atoms with E-state index in [0.717, 1.165) is 29.7 Å². The van der Waals surface area contributed by atoms with Gasteiger partial charge in [0.25, 0.3) is 5.56 Å². The summed E-state index contributed by atoms with van der Waals surface area (Å²) in [4.78, 5) is 42.8. The Kier molecular flexibility index (Phi) is 4.72. The van der Waals surface area contributed by atoms with E-state index in [1.807, 2.05) is 0 Å². The minimum atomic E-state index is -0.530. The molecule has 144 valence electrons. The maximum Gasteiger partial charge on any atom is 0.262 e. The van der Waals surface area contributed by atoms with Crippen LogP contribution < -0.4 is 16.6 Å². The molecule has 0 unspecified atom stereocenters. The molecule has 0 radical (unpaired) electrons. The van der Waals surface area contributed by atoms with Crippen LogP contribution in [0.25, 0.3) is 10.2 Å². The van der Waals surface area contributed by atoms with Crippen molar-refractivity contribution < 1.29 is 9.59 Å². The van der Waals surface area contributed by atoms with E-state index in [2.05, 4.69) is 17.2 Å². The number of hydrogen-bond donors (Lipinski definition) is 2. The molecule has 3 N–H and O–H groups in total.